The maximum atomic E-state index is 12.9. The molecule has 1 fully saturated rings. The number of piperidine rings is 1. The number of nitrogens with two attached hydrogens (primary N) is 1. The largest absolute Gasteiger partial charge is 0.363 e. The van der Waals surface area contributed by atoms with Crippen LogP contribution in [0.5, 0.6) is 0 Å². The average molecular weight is 510 g/mol. The van der Waals surface area contributed by atoms with Crippen molar-refractivity contribution in [1.29, 1.82) is 5.26 Å². The summed E-state index contributed by atoms with van der Waals surface area (Å²) >= 11 is 0. The van der Waals surface area contributed by atoms with Gasteiger partial charge in [0.05, 0.1) is 11.6 Å². The highest BCUT2D eigenvalue weighted by atomic mass is 16.2. The van der Waals surface area contributed by atoms with Crippen LogP contribution in [0, 0.1) is 11.3 Å². The molecule has 0 unspecified atom stereocenters. The minimum absolute atomic E-state index is 0.00182. The molecule has 0 aliphatic carbocycles. The Labute approximate surface area is 222 Å². The van der Waals surface area contributed by atoms with Gasteiger partial charge in [0, 0.05) is 55.7 Å². The van der Waals surface area contributed by atoms with Gasteiger partial charge in [-0.15, -0.1) is 0 Å². The predicted octanol–water partition coefficient (Wildman–Crippen LogP) is 3.88. The van der Waals surface area contributed by atoms with E-state index in [0.29, 0.717) is 36.6 Å². The molecule has 5 rings (SSSR count). The second-order valence-corrected chi connectivity index (χ2v) is 10.0. The van der Waals surface area contributed by atoms with Crippen LogP contribution in [-0.4, -0.2) is 51.9 Å². The van der Waals surface area contributed by atoms with E-state index in [4.69, 9.17) is 11.0 Å². The smallest absolute Gasteiger partial charge is 0.272 e. The van der Waals surface area contributed by atoms with Gasteiger partial charge in [-0.25, -0.2) is 4.98 Å². The maximum Gasteiger partial charge on any atom is 0.272 e. The summed E-state index contributed by atoms with van der Waals surface area (Å²) in [5.41, 5.74) is 10.5. The Bertz CT molecular complexity index is 1370. The normalized spacial score (nSPS) is 19.4. The number of nitrogens with zero attached hydrogens (tertiary/aromatic N) is 5. The lowest BCUT2D eigenvalue weighted by molar-refractivity contribution is -0.117. The fraction of sp³-hybridized carbons (Fsp3) is 0.345. The molecule has 0 radical (unpaired) electrons. The Morgan fingerprint density at radius 2 is 1.82 bits per heavy atom. The molecule has 9 heteroatoms. The third kappa shape index (κ3) is 5.08. The molecule has 1 saturated heterocycles. The number of pyridine rings is 2. The first kappa shape index (κ1) is 25.4. The minimum Gasteiger partial charge on any atom is -0.363 e. The number of nitrogens with one attached hydrogen (secondary N) is 1. The molecule has 2 aromatic heterocycles. The summed E-state index contributed by atoms with van der Waals surface area (Å²) in [6.07, 6.45) is 5.58. The van der Waals surface area contributed by atoms with Crippen molar-refractivity contribution in [3.63, 3.8) is 0 Å². The van der Waals surface area contributed by atoms with Crippen molar-refractivity contribution in [2.24, 2.45) is 5.73 Å². The van der Waals surface area contributed by atoms with Gasteiger partial charge in [-0.1, -0.05) is 12.1 Å². The molecule has 2 amide bonds. The van der Waals surface area contributed by atoms with E-state index in [2.05, 4.69) is 27.4 Å². The average Bonchev–Trinajstić information content (AvgIpc) is 2.93. The van der Waals surface area contributed by atoms with Crippen LogP contribution in [0.3, 0.4) is 0 Å². The lowest BCUT2D eigenvalue weighted by Crippen LogP contribution is -2.43. The molecular formula is C29H31N7O2. The molecule has 2 aliphatic rings. The van der Waals surface area contributed by atoms with Crippen LogP contribution in [0.15, 0.2) is 54.9 Å². The summed E-state index contributed by atoms with van der Waals surface area (Å²) in [5, 5.41) is 12.6. The Morgan fingerprint density at radius 1 is 1.05 bits per heavy atom. The van der Waals surface area contributed by atoms with Gasteiger partial charge < -0.3 is 20.9 Å². The zero-order chi connectivity index (χ0) is 26.8. The van der Waals surface area contributed by atoms with Crippen molar-refractivity contribution in [3.05, 3.63) is 71.7 Å². The highest BCUT2D eigenvalue weighted by Crippen LogP contribution is 2.41. The Balaban J connectivity index is 1.43. The van der Waals surface area contributed by atoms with Crippen molar-refractivity contribution in [2.75, 3.05) is 23.3 Å². The molecule has 194 valence electrons. The minimum atomic E-state index is -0.0877. The molecule has 38 heavy (non-hydrogen) atoms. The monoisotopic (exact) mass is 509 g/mol. The molecule has 2 atom stereocenters. The van der Waals surface area contributed by atoms with Crippen LogP contribution in [0.2, 0.25) is 0 Å². The first-order valence-electron chi connectivity index (χ1n) is 12.9. The van der Waals surface area contributed by atoms with Gasteiger partial charge in [-0.2, -0.15) is 5.26 Å². The number of rotatable bonds is 4. The zero-order valence-electron chi connectivity index (χ0n) is 21.6. The van der Waals surface area contributed by atoms with E-state index in [-0.39, 0.29) is 29.9 Å². The molecule has 3 aromatic rings. The van der Waals surface area contributed by atoms with Gasteiger partial charge in [0.15, 0.2) is 0 Å². The Kier molecular flexibility index (Phi) is 7.07. The topological polar surface area (TPSA) is 128 Å². The highest BCUT2D eigenvalue weighted by molar-refractivity contribution is 5.95. The number of anilines is 2. The van der Waals surface area contributed by atoms with Crippen LogP contribution in [0.1, 0.15) is 60.8 Å². The first-order chi connectivity index (χ1) is 18.3. The summed E-state index contributed by atoms with van der Waals surface area (Å²) in [7, 11) is 0. The van der Waals surface area contributed by atoms with Crippen molar-refractivity contribution >= 4 is 23.3 Å². The van der Waals surface area contributed by atoms with E-state index in [1.807, 2.05) is 34.9 Å². The molecule has 4 heterocycles. The number of aromatic nitrogens is 2. The van der Waals surface area contributed by atoms with E-state index in [1.54, 1.807) is 37.5 Å². The molecule has 0 bridgehead atoms. The van der Waals surface area contributed by atoms with Crippen LogP contribution >= 0.6 is 0 Å². The van der Waals surface area contributed by atoms with Crippen molar-refractivity contribution in [3.8, 4) is 17.2 Å². The fourth-order valence-electron chi connectivity index (χ4n) is 5.34. The predicted molar refractivity (Wildman–Crippen MR) is 145 cm³/mol. The number of nitriles is 1. The van der Waals surface area contributed by atoms with E-state index in [9.17, 15) is 9.59 Å². The highest BCUT2D eigenvalue weighted by Gasteiger charge is 2.33. The van der Waals surface area contributed by atoms with Crippen molar-refractivity contribution < 1.29 is 9.59 Å². The van der Waals surface area contributed by atoms with Crippen LogP contribution < -0.4 is 16.0 Å². The number of amides is 2. The van der Waals surface area contributed by atoms with E-state index in [1.165, 1.54) is 0 Å². The van der Waals surface area contributed by atoms with Crippen molar-refractivity contribution in [1.82, 2.24) is 14.9 Å². The van der Waals surface area contributed by atoms with Gasteiger partial charge in [-0.05, 0) is 67.6 Å². The van der Waals surface area contributed by atoms with Crippen LogP contribution in [0.25, 0.3) is 11.1 Å². The number of hydrogen-bond donors (Lipinski definition) is 2. The van der Waals surface area contributed by atoms with Gasteiger partial charge in [0.25, 0.3) is 5.91 Å². The summed E-state index contributed by atoms with van der Waals surface area (Å²) in [6.45, 7) is 4.93. The van der Waals surface area contributed by atoms with Gasteiger partial charge in [0.1, 0.15) is 17.6 Å². The number of carbonyl (C=O) groups is 2. The molecular weight excluding hydrogens is 478 g/mol. The molecule has 1 aromatic carbocycles. The first-order valence-corrected chi connectivity index (χ1v) is 12.9. The molecule has 9 nitrogen and oxygen atoms in total. The van der Waals surface area contributed by atoms with Gasteiger partial charge >= 0.3 is 0 Å². The molecule has 2 aliphatic heterocycles. The van der Waals surface area contributed by atoms with Crippen LogP contribution in [-0.2, 0) is 4.79 Å². The van der Waals surface area contributed by atoms with Gasteiger partial charge in [0.2, 0.25) is 5.91 Å². The standard InChI is InChI=1S/C29H31N7O2/c1-18-13-26(34-28-8-3-20(15-30)16-33-28)24-14-21(5-7-27(24)36(18)19(2)37)22-4-6-25(32-17-22)29(38)35-11-9-23(31)10-12-35/h3-8,14,16-18,23,26H,9-13,31H2,1-2H3,(H,33,34)/t18-,26+/m0/s1. The van der Waals surface area contributed by atoms with E-state index in [0.717, 1.165) is 35.2 Å². The fourth-order valence-corrected chi connectivity index (χ4v) is 5.34. The number of hydrogen-bond acceptors (Lipinski definition) is 7. The second-order valence-electron chi connectivity index (χ2n) is 10.0. The van der Waals surface area contributed by atoms with Crippen LogP contribution in [0.4, 0.5) is 11.5 Å². The summed E-state index contributed by atoms with van der Waals surface area (Å²) in [6, 6.07) is 15.4. The summed E-state index contributed by atoms with van der Waals surface area (Å²) in [4.78, 5) is 37.9. The number of likely N-dealkylation sites (tertiary alicyclic amines) is 1. The molecule has 3 N–H and O–H groups in total. The third-order valence-electron chi connectivity index (χ3n) is 7.38. The quantitative estimate of drug-likeness (QED) is 0.546. The van der Waals surface area contributed by atoms with E-state index < -0.39 is 0 Å². The Hall–Kier alpha value is -4.29. The Morgan fingerprint density at radius 3 is 2.45 bits per heavy atom. The van der Waals surface area contributed by atoms with Crippen molar-refractivity contribution in [2.45, 2.75) is 51.2 Å². The zero-order valence-corrected chi connectivity index (χ0v) is 21.6. The number of carbonyl (C=O) groups excluding carboxylic acids is 2. The molecule has 0 saturated carbocycles. The SMILES string of the molecule is CC(=O)N1c2ccc(-c3ccc(C(=O)N4CCC(N)CC4)nc3)cc2[C@H](Nc2ccc(C#N)cn2)C[C@@H]1C. The third-order valence-corrected chi connectivity index (χ3v) is 7.38. The summed E-state index contributed by atoms with van der Waals surface area (Å²) in [5.74, 6) is 0.584. The maximum absolute atomic E-state index is 12.9. The lowest BCUT2D eigenvalue weighted by Gasteiger charge is -2.39. The second kappa shape index (κ2) is 10.6. The lowest BCUT2D eigenvalue weighted by atomic mass is 9.89. The summed E-state index contributed by atoms with van der Waals surface area (Å²) < 4.78 is 0. The number of fused-ring (bicyclic) bond motifs is 1. The molecule has 0 spiro atoms. The van der Waals surface area contributed by atoms with E-state index >= 15 is 0 Å². The van der Waals surface area contributed by atoms with Gasteiger partial charge in [-0.3, -0.25) is 14.6 Å². The number of benzene rings is 1.